The third-order valence-corrected chi connectivity index (χ3v) is 4.55. The van der Waals surface area contributed by atoms with Crippen LogP contribution in [0, 0.1) is 5.92 Å². The summed E-state index contributed by atoms with van der Waals surface area (Å²) in [4.78, 5) is 13.7. The Bertz CT molecular complexity index is 569. The summed E-state index contributed by atoms with van der Waals surface area (Å²) in [5, 5.41) is 6.75. The zero-order chi connectivity index (χ0) is 19.5. The highest BCUT2D eigenvalue weighted by atomic mass is 16.5. The van der Waals surface area contributed by atoms with Crippen LogP contribution in [-0.4, -0.2) is 75.9 Å². The number of hydrogen-bond donors (Lipinski definition) is 2. The number of ether oxygens (including phenoxy) is 1. The first-order chi connectivity index (χ1) is 13.1. The van der Waals surface area contributed by atoms with Crippen molar-refractivity contribution in [3.05, 3.63) is 23.9 Å². The summed E-state index contributed by atoms with van der Waals surface area (Å²) in [7, 11) is 3.97. The van der Waals surface area contributed by atoms with Crippen LogP contribution < -0.4 is 15.5 Å². The zero-order valence-electron chi connectivity index (χ0n) is 17.4. The molecule has 1 aliphatic rings. The van der Waals surface area contributed by atoms with E-state index in [2.05, 4.69) is 57.4 Å². The molecule has 1 aromatic heterocycles. The third kappa shape index (κ3) is 7.72. The summed E-state index contributed by atoms with van der Waals surface area (Å²) in [6, 6.07) is 4.14. The van der Waals surface area contributed by atoms with E-state index < -0.39 is 0 Å². The monoisotopic (exact) mass is 376 g/mol. The highest BCUT2D eigenvalue weighted by molar-refractivity contribution is 5.79. The maximum absolute atomic E-state index is 5.61. The fraction of sp³-hybridized carbons (Fsp3) is 0.700. The second kappa shape index (κ2) is 11.8. The molecule has 2 heterocycles. The van der Waals surface area contributed by atoms with Crippen LogP contribution in [0.5, 0.6) is 0 Å². The van der Waals surface area contributed by atoms with Crippen molar-refractivity contribution in [2.24, 2.45) is 10.9 Å². The standard InChI is InChI=1S/C20H36N6O/c1-17(2)16-27-14-6-9-23-20(21-3)24-15-18-7-5-8-22-19(18)26-12-10-25(4)11-13-26/h5,7-8,17H,6,9-16H2,1-4H3,(H2,21,23,24). The van der Waals surface area contributed by atoms with E-state index >= 15 is 0 Å². The Hall–Kier alpha value is -1.86. The van der Waals surface area contributed by atoms with Crippen molar-refractivity contribution >= 4 is 11.8 Å². The van der Waals surface area contributed by atoms with Gasteiger partial charge in [0.2, 0.25) is 0 Å². The number of likely N-dealkylation sites (N-methyl/N-ethyl adjacent to an activating group) is 1. The van der Waals surface area contributed by atoms with Gasteiger partial charge in [0.15, 0.2) is 5.96 Å². The lowest BCUT2D eigenvalue weighted by atomic mass is 10.2. The molecule has 0 unspecified atom stereocenters. The molecule has 0 atom stereocenters. The fourth-order valence-corrected chi connectivity index (χ4v) is 2.97. The minimum atomic E-state index is 0.585. The topological polar surface area (TPSA) is 65.0 Å². The fourth-order valence-electron chi connectivity index (χ4n) is 2.97. The van der Waals surface area contributed by atoms with E-state index in [0.29, 0.717) is 12.5 Å². The van der Waals surface area contributed by atoms with E-state index in [-0.39, 0.29) is 0 Å². The Kier molecular flexibility index (Phi) is 9.35. The first-order valence-electron chi connectivity index (χ1n) is 9.99. The Morgan fingerprint density at radius 3 is 2.74 bits per heavy atom. The van der Waals surface area contributed by atoms with Crippen LogP contribution in [-0.2, 0) is 11.3 Å². The van der Waals surface area contributed by atoms with Crippen LogP contribution >= 0.6 is 0 Å². The Labute approximate surface area is 164 Å². The Morgan fingerprint density at radius 1 is 1.26 bits per heavy atom. The second-order valence-electron chi connectivity index (χ2n) is 7.45. The summed E-state index contributed by atoms with van der Waals surface area (Å²) >= 11 is 0. The summed E-state index contributed by atoms with van der Waals surface area (Å²) in [6.07, 6.45) is 2.84. The van der Waals surface area contributed by atoms with Crippen molar-refractivity contribution in [1.82, 2.24) is 20.5 Å². The van der Waals surface area contributed by atoms with E-state index in [1.165, 1.54) is 5.56 Å². The van der Waals surface area contributed by atoms with Crippen LogP contribution in [0.4, 0.5) is 5.82 Å². The van der Waals surface area contributed by atoms with Crippen LogP contribution in [0.2, 0.25) is 0 Å². The van der Waals surface area contributed by atoms with Gasteiger partial charge in [-0.3, -0.25) is 4.99 Å². The minimum absolute atomic E-state index is 0.585. The van der Waals surface area contributed by atoms with E-state index in [4.69, 9.17) is 4.74 Å². The lowest BCUT2D eigenvalue weighted by Crippen LogP contribution is -2.45. The highest BCUT2D eigenvalue weighted by Gasteiger charge is 2.17. The van der Waals surface area contributed by atoms with Gasteiger partial charge in [0.05, 0.1) is 0 Å². The molecule has 0 radical (unpaired) electrons. The maximum Gasteiger partial charge on any atom is 0.191 e. The second-order valence-corrected chi connectivity index (χ2v) is 7.45. The number of rotatable bonds is 9. The first-order valence-corrected chi connectivity index (χ1v) is 9.99. The van der Waals surface area contributed by atoms with E-state index in [9.17, 15) is 0 Å². The Balaban J connectivity index is 1.77. The van der Waals surface area contributed by atoms with E-state index in [1.807, 2.05) is 12.3 Å². The zero-order valence-corrected chi connectivity index (χ0v) is 17.4. The Morgan fingerprint density at radius 2 is 2.04 bits per heavy atom. The van der Waals surface area contributed by atoms with Gasteiger partial charge < -0.3 is 25.2 Å². The predicted molar refractivity (Wildman–Crippen MR) is 112 cm³/mol. The number of aliphatic imine (C=N–C) groups is 1. The summed E-state index contributed by atoms with van der Waals surface area (Å²) < 4.78 is 5.61. The molecule has 2 N–H and O–H groups in total. The molecule has 1 saturated heterocycles. The largest absolute Gasteiger partial charge is 0.381 e. The van der Waals surface area contributed by atoms with Crippen molar-refractivity contribution in [2.45, 2.75) is 26.8 Å². The molecule has 27 heavy (non-hydrogen) atoms. The van der Waals surface area contributed by atoms with Crippen LogP contribution in [0.1, 0.15) is 25.8 Å². The minimum Gasteiger partial charge on any atom is -0.381 e. The number of piperazine rings is 1. The normalized spacial score (nSPS) is 16.0. The number of nitrogens with zero attached hydrogens (tertiary/aromatic N) is 4. The molecule has 152 valence electrons. The summed E-state index contributed by atoms with van der Waals surface area (Å²) in [5.74, 6) is 2.48. The van der Waals surface area contributed by atoms with Crippen molar-refractivity contribution in [1.29, 1.82) is 0 Å². The number of anilines is 1. The van der Waals surface area contributed by atoms with E-state index in [0.717, 1.165) is 64.1 Å². The number of aromatic nitrogens is 1. The lowest BCUT2D eigenvalue weighted by molar-refractivity contribution is 0.108. The van der Waals surface area contributed by atoms with Gasteiger partial charge in [-0.1, -0.05) is 19.9 Å². The predicted octanol–water partition coefficient (Wildman–Crippen LogP) is 1.56. The smallest absolute Gasteiger partial charge is 0.191 e. The summed E-state index contributed by atoms with van der Waals surface area (Å²) in [5.41, 5.74) is 1.20. The average molecular weight is 377 g/mol. The first kappa shape index (κ1) is 21.4. The average Bonchev–Trinajstić information content (AvgIpc) is 2.67. The van der Waals surface area contributed by atoms with Crippen molar-refractivity contribution < 1.29 is 4.74 Å². The highest BCUT2D eigenvalue weighted by Crippen LogP contribution is 2.18. The number of hydrogen-bond acceptors (Lipinski definition) is 5. The van der Waals surface area contributed by atoms with Crippen molar-refractivity contribution in [3.8, 4) is 0 Å². The van der Waals surface area contributed by atoms with Crippen molar-refractivity contribution in [2.75, 3.05) is 64.9 Å². The van der Waals surface area contributed by atoms with Crippen LogP contribution in [0.3, 0.4) is 0 Å². The van der Waals surface area contributed by atoms with Gasteiger partial charge >= 0.3 is 0 Å². The van der Waals surface area contributed by atoms with Gasteiger partial charge in [-0.2, -0.15) is 0 Å². The molecule has 0 bridgehead atoms. The van der Waals surface area contributed by atoms with Crippen molar-refractivity contribution in [3.63, 3.8) is 0 Å². The SMILES string of the molecule is CN=C(NCCCOCC(C)C)NCc1cccnc1N1CCN(C)CC1. The van der Waals surface area contributed by atoms with Gasteiger partial charge in [0, 0.05) is 71.3 Å². The van der Waals surface area contributed by atoms with Gasteiger partial charge in [-0.05, 0) is 25.5 Å². The molecule has 2 rings (SSSR count). The number of pyridine rings is 1. The molecule has 0 aromatic carbocycles. The molecular weight excluding hydrogens is 340 g/mol. The van der Waals surface area contributed by atoms with Crippen LogP contribution in [0.25, 0.3) is 0 Å². The molecule has 1 aromatic rings. The van der Waals surface area contributed by atoms with Crippen LogP contribution in [0.15, 0.2) is 23.3 Å². The molecule has 0 spiro atoms. The van der Waals surface area contributed by atoms with Gasteiger partial charge in [-0.25, -0.2) is 4.98 Å². The molecule has 7 nitrogen and oxygen atoms in total. The van der Waals surface area contributed by atoms with Gasteiger partial charge in [-0.15, -0.1) is 0 Å². The number of nitrogens with one attached hydrogen (secondary N) is 2. The third-order valence-electron chi connectivity index (χ3n) is 4.55. The quantitative estimate of drug-likeness (QED) is 0.387. The summed E-state index contributed by atoms with van der Waals surface area (Å²) in [6.45, 7) is 11.7. The molecule has 0 amide bonds. The molecule has 1 aliphatic heterocycles. The molecule has 0 aliphatic carbocycles. The van der Waals surface area contributed by atoms with Gasteiger partial charge in [0.1, 0.15) is 5.82 Å². The van der Waals surface area contributed by atoms with Gasteiger partial charge in [0.25, 0.3) is 0 Å². The lowest BCUT2D eigenvalue weighted by Gasteiger charge is -2.34. The molecular formula is C20H36N6O. The maximum atomic E-state index is 5.61. The molecule has 7 heteroatoms. The molecule has 0 saturated carbocycles. The number of guanidine groups is 1. The molecule has 1 fully saturated rings. The van der Waals surface area contributed by atoms with E-state index in [1.54, 1.807) is 7.05 Å².